The van der Waals surface area contributed by atoms with Crippen molar-refractivity contribution in [2.75, 3.05) is 0 Å². The minimum atomic E-state index is -0.342. The van der Waals surface area contributed by atoms with Gasteiger partial charge in [-0.3, -0.25) is 14.4 Å². The molecule has 0 amide bonds. The van der Waals surface area contributed by atoms with Crippen molar-refractivity contribution >= 4 is 17.5 Å². The molecule has 4 rings (SSSR count). The molecule has 4 saturated carbocycles. The lowest BCUT2D eigenvalue weighted by molar-refractivity contribution is -0.169. The van der Waals surface area contributed by atoms with Crippen LogP contribution in [0.1, 0.15) is 120 Å². The van der Waals surface area contributed by atoms with Crippen molar-refractivity contribution in [3.63, 3.8) is 0 Å². The maximum Gasteiger partial charge on any atom is 0.309 e. The summed E-state index contributed by atoms with van der Waals surface area (Å²) in [5, 5.41) is 0. The molecule has 0 radical (unpaired) electrons. The Labute approximate surface area is 226 Å². The van der Waals surface area contributed by atoms with Crippen molar-refractivity contribution in [3.05, 3.63) is 0 Å². The molecule has 0 heterocycles. The Morgan fingerprint density at radius 3 is 2.08 bits per heavy atom. The molecule has 10 atom stereocenters. The van der Waals surface area contributed by atoms with Crippen LogP contribution in [-0.2, 0) is 19.1 Å². The van der Waals surface area contributed by atoms with Gasteiger partial charge < -0.3 is 4.74 Å². The third-order valence-corrected chi connectivity index (χ3v) is 12.4. The minimum Gasteiger partial charge on any atom is -0.462 e. The minimum absolute atomic E-state index is 0.0107. The average Bonchev–Trinajstić information content (AvgIpc) is 3.19. The number of fused-ring (bicyclic) bond motifs is 5. The number of carbonyl (C=O) groups excluding carboxylic acids is 3. The highest BCUT2D eigenvalue weighted by Gasteiger charge is 2.61. The predicted molar refractivity (Wildman–Crippen MR) is 148 cm³/mol. The number of Topliss-reactive ketones (excluding diaryl/α,β-unsaturated/α-hetero) is 2. The zero-order chi connectivity index (χ0) is 27.3. The van der Waals surface area contributed by atoms with Gasteiger partial charge in [-0.1, -0.05) is 48.5 Å². The Hall–Kier alpha value is -1.19. The van der Waals surface area contributed by atoms with Gasteiger partial charge in [0.2, 0.25) is 0 Å². The number of carbonyl (C=O) groups is 3. The molecule has 6 unspecified atom stereocenters. The van der Waals surface area contributed by atoms with Crippen LogP contribution in [0.15, 0.2) is 0 Å². The van der Waals surface area contributed by atoms with Gasteiger partial charge in [-0.05, 0) is 111 Å². The van der Waals surface area contributed by atoms with Gasteiger partial charge in [-0.15, -0.1) is 0 Å². The van der Waals surface area contributed by atoms with Crippen LogP contribution in [0.2, 0.25) is 0 Å². The van der Waals surface area contributed by atoms with E-state index in [1.807, 2.05) is 27.7 Å². The Balaban J connectivity index is 1.40. The lowest BCUT2D eigenvalue weighted by Gasteiger charge is -2.61. The van der Waals surface area contributed by atoms with Crippen molar-refractivity contribution in [3.8, 4) is 0 Å². The summed E-state index contributed by atoms with van der Waals surface area (Å²) >= 11 is 0. The second-order valence-corrected chi connectivity index (χ2v) is 14.8. The highest BCUT2D eigenvalue weighted by atomic mass is 16.5. The van der Waals surface area contributed by atoms with Crippen molar-refractivity contribution in [2.24, 2.45) is 64.1 Å². The number of rotatable bonds is 8. The van der Waals surface area contributed by atoms with Crippen LogP contribution < -0.4 is 0 Å². The van der Waals surface area contributed by atoms with E-state index in [2.05, 4.69) is 27.7 Å². The highest BCUT2D eigenvalue weighted by Crippen LogP contribution is 2.67. The lowest BCUT2D eigenvalue weighted by Crippen LogP contribution is -2.54. The molecule has 4 aliphatic rings. The van der Waals surface area contributed by atoms with E-state index in [9.17, 15) is 14.4 Å². The molecule has 210 valence electrons. The Morgan fingerprint density at radius 2 is 1.46 bits per heavy atom. The molecule has 0 aromatic heterocycles. The fraction of sp³-hybridized carbons (Fsp3) is 0.909. The molecule has 4 fully saturated rings. The number of esters is 1. The Kier molecular flexibility index (Phi) is 8.38. The molecular weight excluding hydrogens is 460 g/mol. The van der Waals surface area contributed by atoms with Crippen LogP contribution in [0.3, 0.4) is 0 Å². The summed E-state index contributed by atoms with van der Waals surface area (Å²) in [7, 11) is 0. The monoisotopic (exact) mass is 514 g/mol. The van der Waals surface area contributed by atoms with Crippen LogP contribution in [-0.4, -0.2) is 23.6 Å². The zero-order valence-corrected chi connectivity index (χ0v) is 25.0. The molecule has 4 aliphatic carbocycles. The zero-order valence-electron chi connectivity index (χ0n) is 25.0. The lowest BCUT2D eigenvalue weighted by atomic mass is 9.44. The number of ether oxygens (including phenoxy) is 1. The quantitative estimate of drug-likeness (QED) is 0.312. The maximum atomic E-state index is 13.3. The fourth-order valence-corrected chi connectivity index (χ4v) is 9.61. The van der Waals surface area contributed by atoms with E-state index >= 15 is 0 Å². The van der Waals surface area contributed by atoms with Gasteiger partial charge >= 0.3 is 5.97 Å². The largest absolute Gasteiger partial charge is 0.462 e. The molecule has 4 nitrogen and oxygen atoms in total. The van der Waals surface area contributed by atoms with Crippen LogP contribution in [0.25, 0.3) is 0 Å². The maximum absolute atomic E-state index is 13.3. The van der Waals surface area contributed by atoms with Gasteiger partial charge in [0.05, 0.1) is 5.92 Å². The van der Waals surface area contributed by atoms with Gasteiger partial charge in [-0.25, -0.2) is 0 Å². The van der Waals surface area contributed by atoms with Gasteiger partial charge in [0.1, 0.15) is 17.7 Å². The second-order valence-electron chi connectivity index (χ2n) is 14.8. The summed E-state index contributed by atoms with van der Waals surface area (Å²) in [6.45, 7) is 17.0. The first kappa shape index (κ1) is 28.8. The summed E-state index contributed by atoms with van der Waals surface area (Å²) in [4.78, 5) is 38.5. The number of hydrogen-bond donors (Lipinski definition) is 0. The molecule has 37 heavy (non-hydrogen) atoms. The van der Waals surface area contributed by atoms with Crippen LogP contribution in [0.5, 0.6) is 0 Å². The van der Waals surface area contributed by atoms with E-state index < -0.39 is 0 Å². The van der Waals surface area contributed by atoms with Crippen molar-refractivity contribution < 1.29 is 19.1 Å². The number of hydrogen-bond acceptors (Lipinski definition) is 4. The van der Waals surface area contributed by atoms with E-state index in [-0.39, 0.29) is 52.9 Å². The van der Waals surface area contributed by atoms with E-state index in [1.165, 1.54) is 32.1 Å². The van der Waals surface area contributed by atoms with Crippen LogP contribution in [0, 0.1) is 64.1 Å². The van der Waals surface area contributed by atoms with Gasteiger partial charge in [0.15, 0.2) is 0 Å². The summed E-state index contributed by atoms with van der Waals surface area (Å²) in [6, 6.07) is 0. The topological polar surface area (TPSA) is 60.4 Å². The molecular formula is C33H54O4. The molecule has 0 spiro atoms. The van der Waals surface area contributed by atoms with E-state index in [4.69, 9.17) is 4.74 Å². The first-order valence-electron chi connectivity index (χ1n) is 15.5. The molecule has 4 heteroatoms. The Bertz CT molecular complexity index is 876. The SMILES string of the molecule is CC(=O)[C@H]1CCC2[C@@H]3CCC4CC(OC(=O)C(CC(=O)C(C)C(C)C)C(C)C)CC[C@]4(C)C3CC[C@@]21C. The summed E-state index contributed by atoms with van der Waals surface area (Å²) in [5.41, 5.74) is 0.529. The Morgan fingerprint density at radius 1 is 0.811 bits per heavy atom. The molecule has 0 aromatic carbocycles. The smallest absolute Gasteiger partial charge is 0.309 e. The summed E-state index contributed by atoms with van der Waals surface area (Å²) in [6.07, 6.45) is 10.6. The molecule has 0 saturated heterocycles. The first-order chi connectivity index (χ1) is 17.3. The van der Waals surface area contributed by atoms with E-state index in [0.717, 1.165) is 37.5 Å². The van der Waals surface area contributed by atoms with Gasteiger partial charge in [0, 0.05) is 18.3 Å². The highest BCUT2D eigenvalue weighted by molar-refractivity contribution is 5.86. The standard InChI is InChI=1S/C33H54O4/c1-19(2)21(5)30(35)18-26(20(3)4)31(36)37-24-13-15-32(7)23(17-24)9-10-25-28-12-11-27(22(6)34)33(28,8)16-14-29(25)32/h19-21,23-29H,9-18H2,1-8H3/t21?,23?,24?,25-,26?,27+,28?,29?,32-,33+/m0/s1. The summed E-state index contributed by atoms with van der Waals surface area (Å²) in [5.74, 6) is 3.52. The van der Waals surface area contributed by atoms with Gasteiger partial charge in [0.25, 0.3) is 0 Å². The number of ketones is 2. The van der Waals surface area contributed by atoms with Crippen molar-refractivity contribution in [1.29, 1.82) is 0 Å². The molecule has 0 bridgehead atoms. The molecule has 0 aromatic rings. The third kappa shape index (κ3) is 5.21. The second kappa shape index (κ2) is 10.8. The van der Waals surface area contributed by atoms with Gasteiger partial charge in [-0.2, -0.15) is 0 Å². The summed E-state index contributed by atoms with van der Waals surface area (Å²) < 4.78 is 6.18. The van der Waals surface area contributed by atoms with Crippen molar-refractivity contribution in [1.82, 2.24) is 0 Å². The normalized spacial score (nSPS) is 40.9. The van der Waals surface area contributed by atoms with Crippen molar-refractivity contribution in [2.45, 2.75) is 126 Å². The molecule has 0 N–H and O–H groups in total. The predicted octanol–water partition coefficient (Wildman–Crippen LogP) is 7.67. The van der Waals surface area contributed by atoms with Crippen LogP contribution >= 0.6 is 0 Å². The third-order valence-electron chi connectivity index (χ3n) is 12.4. The fourth-order valence-electron chi connectivity index (χ4n) is 9.61. The molecule has 0 aliphatic heterocycles. The van der Waals surface area contributed by atoms with E-state index in [1.54, 1.807) is 0 Å². The van der Waals surface area contributed by atoms with Crippen LogP contribution in [0.4, 0.5) is 0 Å². The van der Waals surface area contributed by atoms with E-state index in [0.29, 0.717) is 29.5 Å². The first-order valence-corrected chi connectivity index (χ1v) is 15.5. The average molecular weight is 515 g/mol.